The number of nitrogens with two attached hydrogens (primary N) is 1. The Balaban J connectivity index is 1.74. The average molecular weight is 256 g/mol. The van der Waals surface area contributed by atoms with Gasteiger partial charge in [-0.25, -0.2) is 0 Å². The minimum absolute atomic E-state index is 0.465. The van der Waals surface area contributed by atoms with E-state index in [0.717, 1.165) is 18.4 Å². The molecule has 0 amide bonds. The molecule has 1 aliphatic heterocycles. The van der Waals surface area contributed by atoms with Gasteiger partial charge in [-0.1, -0.05) is 0 Å². The third-order valence-corrected chi connectivity index (χ3v) is 5.62. The number of hydrogen-bond acceptors (Lipinski definition) is 3. The van der Waals surface area contributed by atoms with Crippen LogP contribution >= 0.6 is 11.8 Å². The van der Waals surface area contributed by atoms with E-state index < -0.39 is 0 Å². The summed E-state index contributed by atoms with van der Waals surface area (Å²) in [7, 11) is 0. The highest BCUT2D eigenvalue weighted by Crippen LogP contribution is 2.33. The molecule has 0 aromatic heterocycles. The molecule has 3 heteroatoms. The fraction of sp³-hybridized carbons (Fsp3) is 1.00. The second-order valence-corrected chi connectivity index (χ2v) is 8.27. The maximum Gasteiger partial charge on any atom is 0.0231 e. The first kappa shape index (κ1) is 13.7. The van der Waals surface area contributed by atoms with Gasteiger partial charge in [0.1, 0.15) is 0 Å². The van der Waals surface area contributed by atoms with Crippen LogP contribution in [0.4, 0.5) is 0 Å². The molecule has 0 spiro atoms. The van der Waals surface area contributed by atoms with Crippen LogP contribution in [0.5, 0.6) is 0 Å². The Morgan fingerprint density at radius 1 is 1.18 bits per heavy atom. The van der Waals surface area contributed by atoms with Crippen molar-refractivity contribution in [1.29, 1.82) is 0 Å². The smallest absolute Gasteiger partial charge is 0.0231 e. The van der Waals surface area contributed by atoms with Crippen LogP contribution < -0.4 is 5.73 Å². The lowest BCUT2D eigenvalue weighted by Gasteiger charge is -2.40. The Bertz CT molecular complexity index is 234. The second kappa shape index (κ2) is 5.94. The number of rotatable bonds is 3. The molecule has 1 saturated carbocycles. The molecule has 0 unspecified atom stereocenters. The Kier molecular flexibility index (Phi) is 4.79. The summed E-state index contributed by atoms with van der Waals surface area (Å²) in [4.78, 5) is 2.70. The maximum absolute atomic E-state index is 5.76. The summed E-state index contributed by atoms with van der Waals surface area (Å²) in [5.41, 5.74) is 5.76. The standard InChI is InChI=1S/C14H28N2S/c1-14(2)11-16(7-8-17-14)10-13-5-3-12(9-15)4-6-13/h12-13H,3-11,15H2,1-2H3. The normalized spacial score (nSPS) is 34.8. The van der Waals surface area contributed by atoms with Gasteiger partial charge in [-0.3, -0.25) is 0 Å². The molecule has 2 aliphatic rings. The Morgan fingerprint density at radius 2 is 1.82 bits per heavy atom. The van der Waals surface area contributed by atoms with Gasteiger partial charge in [-0.2, -0.15) is 11.8 Å². The second-order valence-electron chi connectivity index (χ2n) is 6.47. The molecule has 100 valence electrons. The maximum atomic E-state index is 5.76. The molecule has 2 rings (SSSR count). The summed E-state index contributed by atoms with van der Waals surface area (Å²) >= 11 is 2.13. The SMILES string of the molecule is CC1(C)CN(CC2CCC(CN)CC2)CCS1. The zero-order chi connectivity index (χ0) is 12.3. The van der Waals surface area contributed by atoms with Gasteiger partial charge in [0.05, 0.1) is 0 Å². The molecule has 17 heavy (non-hydrogen) atoms. The summed E-state index contributed by atoms with van der Waals surface area (Å²) in [6.07, 6.45) is 5.55. The van der Waals surface area contributed by atoms with E-state index in [9.17, 15) is 0 Å². The van der Waals surface area contributed by atoms with Crippen LogP contribution in [-0.2, 0) is 0 Å². The summed E-state index contributed by atoms with van der Waals surface area (Å²) in [6.45, 7) is 9.57. The summed E-state index contributed by atoms with van der Waals surface area (Å²) in [6, 6.07) is 0. The van der Waals surface area contributed by atoms with Crippen LogP contribution in [0.2, 0.25) is 0 Å². The molecule has 2 fully saturated rings. The molecule has 0 aromatic carbocycles. The lowest BCUT2D eigenvalue weighted by atomic mass is 9.82. The van der Waals surface area contributed by atoms with E-state index in [4.69, 9.17) is 5.73 Å². The van der Waals surface area contributed by atoms with Crippen LogP contribution in [0.3, 0.4) is 0 Å². The van der Waals surface area contributed by atoms with E-state index in [1.54, 1.807) is 0 Å². The van der Waals surface area contributed by atoms with Gasteiger partial charge in [0, 0.05) is 30.1 Å². The van der Waals surface area contributed by atoms with E-state index in [-0.39, 0.29) is 0 Å². The van der Waals surface area contributed by atoms with Gasteiger partial charge < -0.3 is 10.6 Å². The fourth-order valence-electron chi connectivity index (χ4n) is 3.28. The van der Waals surface area contributed by atoms with Gasteiger partial charge in [0.25, 0.3) is 0 Å². The van der Waals surface area contributed by atoms with Crippen LogP contribution in [0.25, 0.3) is 0 Å². The van der Waals surface area contributed by atoms with Crippen LogP contribution in [0.15, 0.2) is 0 Å². The van der Waals surface area contributed by atoms with Gasteiger partial charge >= 0.3 is 0 Å². The molecule has 0 atom stereocenters. The first-order chi connectivity index (χ1) is 8.09. The summed E-state index contributed by atoms with van der Waals surface area (Å²) in [5, 5.41) is 0. The van der Waals surface area contributed by atoms with Crippen molar-refractivity contribution in [3.8, 4) is 0 Å². The monoisotopic (exact) mass is 256 g/mol. The topological polar surface area (TPSA) is 29.3 Å². The highest BCUT2D eigenvalue weighted by Gasteiger charge is 2.29. The van der Waals surface area contributed by atoms with Gasteiger partial charge in [0.15, 0.2) is 0 Å². The molecule has 0 bridgehead atoms. The van der Waals surface area contributed by atoms with Crippen molar-refractivity contribution in [3.63, 3.8) is 0 Å². The van der Waals surface area contributed by atoms with Gasteiger partial charge in [-0.15, -0.1) is 0 Å². The first-order valence-corrected chi connectivity index (χ1v) is 8.14. The average Bonchev–Trinajstić information content (AvgIpc) is 2.29. The van der Waals surface area contributed by atoms with Crippen molar-refractivity contribution in [2.24, 2.45) is 17.6 Å². The van der Waals surface area contributed by atoms with E-state index in [2.05, 4.69) is 30.5 Å². The third-order valence-electron chi connectivity index (χ3n) is 4.32. The minimum Gasteiger partial charge on any atom is -0.330 e. The highest BCUT2D eigenvalue weighted by molar-refractivity contribution is 8.00. The third kappa shape index (κ3) is 4.15. The molecule has 2 nitrogen and oxygen atoms in total. The van der Waals surface area contributed by atoms with Gasteiger partial charge in [0.2, 0.25) is 0 Å². The van der Waals surface area contributed by atoms with E-state index >= 15 is 0 Å². The minimum atomic E-state index is 0.465. The van der Waals surface area contributed by atoms with Gasteiger partial charge in [-0.05, 0) is 57.9 Å². The predicted octanol–water partition coefficient (Wildman–Crippen LogP) is 2.58. The Morgan fingerprint density at radius 3 is 2.41 bits per heavy atom. The molecular formula is C14H28N2S. The molecule has 1 saturated heterocycles. The van der Waals surface area contributed by atoms with Crippen molar-refractivity contribution in [2.45, 2.75) is 44.3 Å². The lowest BCUT2D eigenvalue weighted by molar-refractivity contribution is 0.176. The first-order valence-electron chi connectivity index (χ1n) is 7.15. The van der Waals surface area contributed by atoms with Crippen molar-refractivity contribution in [1.82, 2.24) is 4.90 Å². The fourth-order valence-corrected chi connectivity index (χ4v) is 4.46. The van der Waals surface area contributed by atoms with E-state index in [0.29, 0.717) is 4.75 Å². The Labute approximate surface area is 111 Å². The molecule has 1 heterocycles. The highest BCUT2D eigenvalue weighted by atomic mass is 32.2. The van der Waals surface area contributed by atoms with Crippen molar-refractivity contribution in [2.75, 3.05) is 31.9 Å². The van der Waals surface area contributed by atoms with E-state index in [1.807, 2.05) is 0 Å². The lowest BCUT2D eigenvalue weighted by Crippen LogP contribution is -2.45. The van der Waals surface area contributed by atoms with Crippen molar-refractivity contribution >= 4 is 11.8 Å². The van der Waals surface area contributed by atoms with E-state index in [1.165, 1.54) is 51.1 Å². The zero-order valence-electron chi connectivity index (χ0n) is 11.5. The summed E-state index contributed by atoms with van der Waals surface area (Å²) < 4.78 is 0.465. The number of thioether (sulfide) groups is 1. The molecule has 1 aliphatic carbocycles. The van der Waals surface area contributed by atoms with Crippen LogP contribution in [-0.4, -0.2) is 41.6 Å². The van der Waals surface area contributed by atoms with Crippen LogP contribution in [0.1, 0.15) is 39.5 Å². The Hall–Kier alpha value is 0.270. The predicted molar refractivity (Wildman–Crippen MR) is 77.5 cm³/mol. The van der Waals surface area contributed by atoms with Crippen LogP contribution in [0, 0.1) is 11.8 Å². The molecule has 0 radical (unpaired) electrons. The largest absolute Gasteiger partial charge is 0.330 e. The van der Waals surface area contributed by atoms with Crippen molar-refractivity contribution < 1.29 is 0 Å². The molecule has 0 aromatic rings. The number of nitrogens with zero attached hydrogens (tertiary/aromatic N) is 1. The summed E-state index contributed by atoms with van der Waals surface area (Å²) in [5.74, 6) is 3.07. The molecule has 2 N–H and O–H groups in total. The molecular weight excluding hydrogens is 228 g/mol. The number of hydrogen-bond donors (Lipinski definition) is 1. The zero-order valence-corrected chi connectivity index (χ0v) is 12.3. The van der Waals surface area contributed by atoms with Crippen molar-refractivity contribution in [3.05, 3.63) is 0 Å². The quantitative estimate of drug-likeness (QED) is 0.841.